The molecule has 0 radical (unpaired) electrons. The van der Waals surface area contributed by atoms with Crippen molar-refractivity contribution in [2.75, 3.05) is 5.32 Å². The molecule has 2 aromatic rings. The molecule has 0 aromatic heterocycles. The zero-order chi connectivity index (χ0) is 27.1. The van der Waals surface area contributed by atoms with Crippen LogP contribution in [0.25, 0.3) is 0 Å². The minimum absolute atomic E-state index is 0.212. The number of aryl methyl sites for hydroxylation is 4. The van der Waals surface area contributed by atoms with Crippen molar-refractivity contribution in [3.8, 4) is 0 Å². The molecule has 1 saturated carbocycles. The number of carbonyl (C=O) groups excluding carboxylic acids is 2. The van der Waals surface area contributed by atoms with Gasteiger partial charge in [0.15, 0.2) is 0 Å². The fourth-order valence-electron chi connectivity index (χ4n) is 4.94. The first kappa shape index (κ1) is 31.6. The molecule has 1 aliphatic carbocycles. The Morgan fingerprint density at radius 3 is 1.83 bits per heavy atom. The van der Waals surface area contributed by atoms with Crippen LogP contribution >= 0.6 is 0 Å². The van der Waals surface area contributed by atoms with E-state index < -0.39 is 0 Å². The Labute approximate surface area is 221 Å². The maximum absolute atomic E-state index is 12.4. The van der Waals surface area contributed by atoms with Crippen LogP contribution in [-0.2, 0) is 22.4 Å². The van der Waals surface area contributed by atoms with Crippen LogP contribution in [0.4, 0.5) is 5.69 Å². The first-order valence-electron chi connectivity index (χ1n) is 14.1. The van der Waals surface area contributed by atoms with Gasteiger partial charge in [-0.15, -0.1) is 0 Å². The van der Waals surface area contributed by atoms with Crippen LogP contribution in [0.2, 0.25) is 0 Å². The van der Waals surface area contributed by atoms with Crippen LogP contribution in [0.5, 0.6) is 0 Å². The van der Waals surface area contributed by atoms with Gasteiger partial charge in [-0.2, -0.15) is 0 Å². The Bertz CT molecular complexity index is 918. The van der Waals surface area contributed by atoms with Crippen LogP contribution in [0.3, 0.4) is 0 Å². The Hall–Kier alpha value is -2.42. The average Bonchev–Trinajstić information content (AvgIpc) is 2.86. The minimum Gasteiger partial charge on any atom is -0.326 e. The molecule has 36 heavy (non-hydrogen) atoms. The van der Waals surface area contributed by atoms with Gasteiger partial charge in [-0.05, 0) is 112 Å². The molecule has 3 rings (SSSR count). The molecular weight excluding hydrogens is 442 g/mol. The molecule has 0 spiro atoms. The van der Waals surface area contributed by atoms with Crippen molar-refractivity contribution in [1.29, 1.82) is 0 Å². The summed E-state index contributed by atoms with van der Waals surface area (Å²) in [7, 11) is 0. The molecule has 2 aromatic carbocycles. The topological polar surface area (TPSA) is 46.2 Å². The Morgan fingerprint density at radius 1 is 0.833 bits per heavy atom. The number of nitrogens with one attached hydrogen (secondary N) is 1. The monoisotopic (exact) mass is 493 g/mol. The quantitative estimate of drug-likeness (QED) is 0.418. The molecule has 0 saturated heterocycles. The van der Waals surface area contributed by atoms with Crippen LogP contribution in [0.1, 0.15) is 107 Å². The summed E-state index contributed by atoms with van der Waals surface area (Å²) >= 11 is 0. The van der Waals surface area contributed by atoms with E-state index in [0.29, 0.717) is 6.42 Å². The van der Waals surface area contributed by atoms with Crippen LogP contribution in [0.15, 0.2) is 36.4 Å². The second-order valence-corrected chi connectivity index (χ2v) is 10.3. The number of anilines is 1. The van der Waals surface area contributed by atoms with Crippen LogP contribution < -0.4 is 5.32 Å². The van der Waals surface area contributed by atoms with Gasteiger partial charge in [-0.3, -0.25) is 4.79 Å². The van der Waals surface area contributed by atoms with E-state index in [1.807, 2.05) is 13.0 Å². The molecular formula is C33H51NO2. The van der Waals surface area contributed by atoms with Crippen molar-refractivity contribution >= 4 is 17.4 Å². The lowest BCUT2D eigenvalue weighted by Gasteiger charge is -2.27. The molecule has 200 valence electrons. The largest absolute Gasteiger partial charge is 0.326 e. The van der Waals surface area contributed by atoms with Crippen molar-refractivity contribution in [2.45, 2.75) is 113 Å². The van der Waals surface area contributed by atoms with Crippen molar-refractivity contribution < 1.29 is 9.59 Å². The molecule has 0 heterocycles. The van der Waals surface area contributed by atoms with E-state index >= 15 is 0 Å². The first-order valence-corrected chi connectivity index (χ1v) is 14.1. The first-order chi connectivity index (χ1) is 17.2. The molecule has 3 nitrogen and oxygen atoms in total. The van der Waals surface area contributed by atoms with E-state index in [-0.39, 0.29) is 17.6 Å². The zero-order valence-corrected chi connectivity index (χ0v) is 24.3. The van der Waals surface area contributed by atoms with Crippen molar-refractivity contribution in [3.05, 3.63) is 64.2 Å². The number of rotatable bonds is 7. The SMILES string of the molecule is CCC(C)=O.CCCC1CCC(C(=O)Nc2ccc(CC)c(C)c2)CC1.CCc1c(C)cccc1C. The highest BCUT2D eigenvalue weighted by atomic mass is 16.2. The number of benzene rings is 2. The number of hydrogen-bond acceptors (Lipinski definition) is 2. The summed E-state index contributed by atoms with van der Waals surface area (Å²) in [6.45, 7) is 16.5. The fourth-order valence-corrected chi connectivity index (χ4v) is 4.94. The fraction of sp³-hybridized carbons (Fsp3) is 0.576. The normalized spacial score (nSPS) is 16.7. The van der Waals surface area contributed by atoms with Gasteiger partial charge in [-0.25, -0.2) is 0 Å². The highest BCUT2D eigenvalue weighted by molar-refractivity contribution is 5.92. The number of amides is 1. The number of Topliss-reactive ketones (excluding diaryl/α,β-unsaturated/α-hetero) is 1. The highest BCUT2D eigenvalue weighted by Gasteiger charge is 2.25. The average molecular weight is 494 g/mol. The van der Waals surface area contributed by atoms with E-state index in [9.17, 15) is 9.59 Å². The van der Waals surface area contributed by atoms with Crippen LogP contribution in [-0.4, -0.2) is 11.7 Å². The highest BCUT2D eigenvalue weighted by Crippen LogP contribution is 2.32. The standard InChI is InChI=1S/C19H29NO.C10H14.C4H8O/c1-4-6-15-7-9-17(10-8-15)19(21)20-18-12-11-16(5-2)14(3)13-18;1-4-10-8(2)6-5-7-9(10)3;1-3-4(2)5/h11-13,15,17H,4-10H2,1-3H3,(H,20,21);5-7H,4H2,1-3H3;3H2,1-2H3. The van der Waals surface area contributed by atoms with Gasteiger partial charge in [0.2, 0.25) is 5.91 Å². The molecule has 0 unspecified atom stereocenters. The third-order valence-corrected chi connectivity index (χ3v) is 7.40. The van der Waals surface area contributed by atoms with Gasteiger partial charge in [0, 0.05) is 18.0 Å². The van der Waals surface area contributed by atoms with E-state index in [4.69, 9.17) is 0 Å². The third-order valence-electron chi connectivity index (χ3n) is 7.40. The summed E-state index contributed by atoms with van der Waals surface area (Å²) in [4.78, 5) is 22.2. The Morgan fingerprint density at radius 2 is 1.42 bits per heavy atom. The number of hydrogen-bond donors (Lipinski definition) is 1. The number of ketones is 1. The predicted molar refractivity (Wildman–Crippen MR) is 156 cm³/mol. The molecule has 0 atom stereocenters. The lowest BCUT2D eigenvalue weighted by Crippen LogP contribution is -2.27. The number of carbonyl (C=O) groups is 2. The van der Waals surface area contributed by atoms with E-state index in [0.717, 1.165) is 37.3 Å². The molecule has 1 aliphatic rings. The van der Waals surface area contributed by atoms with Crippen molar-refractivity contribution in [1.82, 2.24) is 0 Å². The van der Waals surface area contributed by atoms with Gasteiger partial charge in [0.25, 0.3) is 0 Å². The Kier molecular flexibility index (Phi) is 15.0. The molecule has 1 N–H and O–H groups in total. The molecule has 0 aliphatic heterocycles. The lowest BCUT2D eigenvalue weighted by atomic mass is 9.80. The second-order valence-electron chi connectivity index (χ2n) is 10.3. The molecule has 0 bridgehead atoms. The van der Waals surface area contributed by atoms with Gasteiger partial charge in [0.05, 0.1) is 0 Å². The summed E-state index contributed by atoms with van der Waals surface area (Å²) in [6, 6.07) is 12.7. The Balaban J connectivity index is 0.000000356. The minimum atomic E-state index is 0.212. The molecule has 1 amide bonds. The van der Waals surface area contributed by atoms with Crippen molar-refractivity contribution in [2.24, 2.45) is 11.8 Å². The maximum Gasteiger partial charge on any atom is 0.227 e. The molecule has 3 heteroatoms. The third kappa shape index (κ3) is 11.1. The summed E-state index contributed by atoms with van der Waals surface area (Å²) in [5.74, 6) is 1.54. The summed E-state index contributed by atoms with van der Waals surface area (Å²) in [6.07, 6.45) is 10.0. The summed E-state index contributed by atoms with van der Waals surface area (Å²) in [5, 5.41) is 3.11. The van der Waals surface area contributed by atoms with Gasteiger partial charge in [-0.1, -0.05) is 64.8 Å². The zero-order valence-electron chi connectivity index (χ0n) is 24.3. The van der Waals surface area contributed by atoms with Crippen molar-refractivity contribution in [3.63, 3.8) is 0 Å². The van der Waals surface area contributed by atoms with E-state index in [1.54, 1.807) is 6.92 Å². The summed E-state index contributed by atoms with van der Waals surface area (Å²) < 4.78 is 0. The smallest absolute Gasteiger partial charge is 0.227 e. The van der Waals surface area contributed by atoms with Gasteiger partial charge >= 0.3 is 0 Å². The second kappa shape index (κ2) is 17.1. The van der Waals surface area contributed by atoms with Gasteiger partial charge < -0.3 is 10.1 Å². The lowest BCUT2D eigenvalue weighted by molar-refractivity contribution is -0.121. The van der Waals surface area contributed by atoms with Crippen LogP contribution in [0, 0.1) is 32.6 Å². The molecule has 1 fully saturated rings. The maximum atomic E-state index is 12.4. The van der Waals surface area contributed by atoms with E-state index in [1.165, 1.54) is 53.5 Å². The van der Waals surface area contributed by atoms with E-state index in [2.05, 4.69) is 77.2 Å². The van der Waals surface area contributed by atoms with Gasteiger partial charge in [0.1, 0.15) is 5.78 Å². The summed E-state index contributed by atoms with van der Waals surface area (Å²) in [5.41, 5.74) is 7.91. The predicted octanol–water partition coefficient (Wildman–Crippen LogP) is 8.95.